The predicted molar refractivity (Wildman–Crippen MR) is 74.2 cm³/mol. The van der Waals surface area contributed by atoms with Crippen molar-refractivity contribution >= 4 is 44.9 Å². The lowest BCUT2D eigenvalue weighted by Gasteiger charge is -2.38. The number of morpholine rings is 1. The Morgan fingerprint density at radius 2 is 2.41 bits per heavy atom. The molecule has 1 aliphatic heterocycles. The van der Waals surface area contributed by atoms with Gasteiger partial charge < -0.3 is 9.64 Å². The smallest absolute Gasteiger partial charge is 0.143 e. The third-order valence-corrected chi connectivity index (χ3v) is 3.87. The molecule has 0 aromatic carbocycles. The highest BCUT2D eigenvalue weighted by molar-refractivity contribution is 9.10. The first kappa shape index (κ1) is 13.4. The Kier molecular flexibility index (Phi) is 4.53. The molecule has 17 heavy (non-hydrogen) atoms. The molecule has 0 N–H and O–H groups in total. The topological polar surface area (TPSA) is 25.4 Å². The van der Waals surface area contributed by atoms with Crippen molar-refractivity contribution in [1.29, 1.82) is 0 Å². The molecule has 1 fully saturated rings. The highest BCUT2D eigenvalue weighted by atomic mass is 79.9. The van der Waals surface area contributed by atoms with Gasteiger partial charge in [0.15, 0.2) is 0 Å². The van der Waals surface area contributed by atoms with Gasteiger partial charge in [0.2, 0.25) is 0 Å². The standard InChI is InChI=1S/C11H13BrCl2N2O/c1-7-6-17-9(3-13)5-16(7)11-10(12)2-8(14)4-15-11/h2,4,7,9H,3,5-6H2,1H3. The van der Waals surface area contributed by atoms with Gasteiger partial charge in [-0.25, -0.2) is 4.98 Å². The van der Waals surface area contributed by atoms with Crippen LogP contribution in [-0.4, -0.2) is 36.2 Å². The second-order valence-corrected chi connectivity index (χ2v) is 5.67. The van der Waals surface area contributed by atoms with Crippen molar-refractivity contribution in [2.75, 3.05) is 23.9 Å². The average molecular weight is 340 g/mol. The molecule has 94 valence electrons. The quantitative estimate of drug-likeness (QED) is 0.773. The van der Waals surface area contributed by atoms with Crippen LogP contribution in [0, 0.1) is 0 Å². The highest BCUT2D eigenvalue weighted by Gasteiger charge is 2.27. The third kappa shape index (κ3) is 3.05. The molecule has 1 aliphatic rings. The van der Waals surface area contributed by atoms with Crippen LogP contribution < -0.4 is 4.90 Å². The van der Waals surface area contributed by atoms with E-state index in [0.29, 0.717) is 17.5 Å². The van der Waals surface area contributed by atoms with Crippen LogP contribution in [0.2, 0.25) is 5.02 Å². The molecule has 1 saturated heterocycles. The molecule has 3 nitrogen and oxygen atoms in total. The minimum Gasteiger partial charge on any atom is -0.373 e. The van der Waals surface area contributed by atoms with Crippen molar-refractivity contribution in [2.45, 2.75) is 19.1 Å². The SMILES string of the molecule is CC1COC(CCl)CN1c1ncc(Cl)cc1Br. The summed E-state index contributed by atoms with van der Waals surface area (Å²) < 4.78 is 6.51. The van der Waals surface area contributed by atoms with Crippen LogP contribution in [0.5, 0.6) is 0 Å². The largest absolute Gasteiger partial charge is 0.373 e. The van der Waals surface area contributed by atoms with Gasteiger partial charge in [-0.1, -0.05) is 11.6 Å². The molecule has 0 spiro atoms. The van der Waals surface area contributed by atoms with Gasteiger partial charge in [0.05, 0.1) is 34.1 Å². The summed E-state index contributed by atoms with van der Waals surface area (Å²) in [6.45, 7) is 3.51. The maximum atomic E-state index is 5.89. The number of halogens is 3. The first-order chi connectivity index (χ1) is 8.11. The number of hydrogen-bond acceptors (Lipinski definition) is 3. The molecule has 0 amide bonds. The van der Waals surface area contributed by atoms with Gasteiger partial charge in [0.1, 0.15) is 5.82 Å². The van der Waals surface area contributed by atoms with Gasteiger partial charge in [-0.05, 0) is 28.9 Å². The number of rotatable bonds is 2. The lowest BCUT2D eigenvalue weighted by molar-refractivity contribution is 0.0361. The van der Waals surface area contributed by atoms with Crippen molar-refractivity contribution in [1.82, 2.24) is 4.98 Å². The maximum absolute atomic E-state index is 5.89. The summed E-state index contributed by atoms with van der Waals surface area (Å²) in [6, 6.07) is 2.13. The Bertz CT molecular complexity index is 405. The summed E-state index contributed by atoms with van der Waals surface area (Å²) >= 11 is 15.2. The fourth-order valence-corrected chi connectivity index (χ4v) is 2.88. The van der Waals surface area contributed by atoms with Gasteiger partial charge in [-0.2, -0.15) is 0 Å². The summed E-state index contributed by atoms with van der Waals surface area (Å²) in [4.78, 5) is 6.56. The first-order valence-electron chi connectivity index (χ1n) is 5.37. The molecule has 0 saturated carbocycles. The van der Waals surface area contributed by atoms with Crippen LogP contribution in [0.1, 0.15) is 6.92 Å². The van der Waals surface area contributed by atoms with E-state index >= 15 is 0 Å². The lowest BCUT2D eigenvalue weighted by atomic mass is 10.2. The fourth-order valence-electron chi connectivity index (χ4n) is 1.82. The van der Waals surface area contributed by atoms with Crippen molar-refractivity contribution < 1.29 is 4.74 Å². The van der Waals surface area contributed by atoms with Crippen molar-refractivity contribution in [3.05, 3.63) is 21.8 Å². The van der Waals surface area contributed by atoms with Gasteiger partial charge >= 0.3 is 0 Å². The number of nitrogens with zero attached hydrogens (tertiary/aromatic N) is 2. The highest BCUT2D eigenvalue weighted by Crippen LogP contribution is 2.29. The summed E-state index contributed by atoms with van der Waals surface area (Å²) in [7, 11) is 0. The van der Waals surface area contributed by atoms with Crippen LogP contribution in [0.25, 0.3) is 0 Å². The van der Waals surface area contributed by atoms with Gasteiger partial charge in [0.25, 0.3) is 0 Å². The lowest BCUT2D eigenvalue weighted by Crippen LogP contribution is -2.49. The average Bonchev–Trinajstić information content (AvgIpc) is 2.30. The molecular formula is C11H13BrCl2N2O. The zero-order valence-corrected chi connectivity index (χ0v) is 12.5. The van der Waals surface area contributed by atoms with E-state index in [1.807, 2.05) is 6.07 Å². The van der Waals surface area contributed by atoms with Crippen LogP contribution in [-0.2, 0) is 4.74 Å². The van der Waals surface area contributed by atoms with Crippen LogP contribution in [0.4, 0.5) is 5.82 Å². The Labute approximate surface area is 119 Å². The van der Waals surface area contributed by atoms with Gasteiger partial charge in [0, 0.05) is 12.7 Å². The molecule has 2 rings (SSSR count). The van der Waals surface area contributed by atoms with Crippen molar-refractivity contribution in [2.24, 2.45) is 0 Å². The maximum Gasteiger partial charge on any atom is 0.143 e. The van der Waals surface area contributed by atoms with Crippen molar-refractivity contribution in [3.63, 3.8) is 0 Å². The molecule has 6 heteroatoms. The molecule has 1 aromatic rings. The Morgan fingerprint density at radius 1 is 1.65 bits per heavy atom. The van der Waals surface area contributed by atoms with E-state index in [2.05, 4.69) is 32.7 Å². The summed E-state index contributed by atoms with van der Waals surface area (Å²) in [5.41, 5.74) is 0. The second-order valence-electron chi connectivity index (χ2n) is 4.07. The zero-order chi connectivity index (χ0) is 12.4. The van der Waals surface area contributed by atoms with E-state index in [-0.39, 0.29) is 12.1 Å². The number of pyridine rings is 1. The van der Waals surface area contributed by atoms with E-state index < -0.39 is 0 Å². The Balaban J connectivity index is 2.24. The Morgan fingerprint density at radius 3 is 3.06 bits per heavy atom. The van der Waals surface area contributed by atoms with E-state index in [1.165, 1.54) is 0 Å². The fraction of sp³-hybridized carbons (Fsp3) is 0.545. The molecule has 0 bridgehead atoms. The third-order valence-electron chi connectivity index (χ3n) is 2.74. The summed E-state index contributed by atoms with van der Waals surface area (Å²) in [5.74, 6) is 1.38. The van der Waals surface area contributed by atoms with E-state index in [9.17, 15) is 0 Å². The summed E-state index contributed by atoms with van der Waals surface area (Å²) in [5, 5.41) is 0.621. The molecule has 2 heterocycles. The minimum absolute atomic E-state index is 0.0530. The van der Waals surface area contributed by atoms with Crippen molar-refractivity contribution in [3.8, 4) is 0 Å². The van der Waals surface area contributed by atoms with E-state index in [0.717, 1.165) is 16.8 Å². The van der Waals surface area contributed by atoms with E-state index in [1.54, 1.807) is 6.20 Å². The van der Waals surface area contributed by atoms with Crippen LogP contribution in [0.15, 0.2) is 16.7 Å². The number of ether oxygens (including phenoxy) is 1. The monoisotopic (exact) mass is 338 g/mol. The molecule has 0 aliphatic carbocycles. The number of alkyl halides is 1. The minimum atomic E-state index is 0.0530. The predicted octanol–water partition coefficient (Wildman–Crippen LogP) is 3.33. The molecule has 0 radical (unpaired) electrons. The zero-order valence-electron chi connectivity index (χ0n) is 9.37. The van der Waals surface area contributed by atoms with E-state index in [4.69, 9.17) is 27.9 Å². The number of anilines is 1. The van der Waals surface area contributed by atoms with Gasteiger partial charge in [-0.15, -0.1) is 11.6 Å². The van der Waals surface area contributed by atoms with Crippen LogP contribution in [0.3, 0.4) is 0 Å². The molecular weight excluding hydrogens is 327 g/mol. The second kappa shape index (κ2) is 5.74. The normalized spacial score (nSPS) is 25.1. The molecule has 2 unspecified atom stereocenters. The van der Waals surface area contributed by atoms with Gasteiger partial charge in [-0.3, -0.25) is 0 Å². The number of hydrogen-bond donors (Lipinski definition) is 0. The summed E-state index contributed by atoms with van der Waals surface area (Å²) in [6.07, 6.45) is 1.71. The Hall–Kier alpha value is -0.0300. The van der Waals surface area contributed by atoms with Crippen LogP contribution >= 0.6 is 39.1 Å². The number of aromatic nitrogens is 1. The first-order valence-corrected chi connectivity index (χ1v) is 7.07. The molecule has 2 atom stereocenters. The molecule has 1 aromatic heterocycles.